The van der Waals surface area contributed by atoms with Gasteiger partial charge in [0.25, 0.3) is 5.89 Å². The van der Waals surface area contributed by atoms with Crippen LogP contribution in [0, 0.1) is 0 Å². The van der Waals surface area contributed by atoms with Crippen molar-refractivity contribution >= 4 is 43.5 Å². The minimum absolute atomic E-state index is 0.414. The molecule has 0 radical (unpaired) electrons. The molecule has 0 saturated carbocycles. The van der Waals surface area contributed by atoms with Crippen LogP contribution in [0.2, 0.25) is 0 Å². The van der Waals surface area contributed by atoms with Crippen molar-refractivity contribution in [3.63, 3.8) is 0 Å². The fourth-order valence-electron chi connectivity index (χ4n) is 4.85. The summed E-state index contributed by atoms with van der Waals surface area (Å²) in [6.45, 7) is 0. The maximum atomic E-state index is 6.75. The van der Waals surface area contributed by atoms with E-state index in [1.165, 1.54) is 0 Å². The average Bonchev–Trinajstić information content (AvgIpc) is 3.45. The van der Waals surface area contributed by atoms with E-state index in [1.807, 2.05) is 60.7 Å². The van der Waals surface area contributed by atoms with Gasteiger partial charge in [-0.2, -0.15) is 0 Å². The van der Waals surface area contributed by atoms with Crippen molar-refractivity contribution in [2.24, 2.45) is 0 Å². The summed E-state index contributed by atoms with van der Waals surface area (Å²) in [6.07, 6.45) is 0. The molecule has 0 bridgehead atoms. The molecule has 0 N–H and O–H groups in total. The summed E-state index contributed by atoms with van der Waals surface area (Å²) in [6, 6.07) is 40.9. The molecule has 7 aromatic rings. The Hall–Kier alpha value is -4.96. The second-order valence-electron chi connectivity index (χ2n) is 8.65. The number of hydrogen-bond acceptors (Lipinski definition) is 4. The molecule has 2 aromatic heterocycles. The molecule has 36 heavy (non-hydrogen) atoms. The molecule has 4 heteroatoms. The highest BCUT2D eigenvalue weighted by Crippen LogP contribution is 2.36. The first-order valence-electron chi connectivity index (χ1n) is 11.9. The van der Waals surface area contributed by atoms with Crippen LogP contribution in [0.25, 0.3) is 66.4 Å². The summed E-state index contributed by atoms with van der Waals surface area (Å²) in [4.78, 5) is 0. The molecule has 0 atom stereocenters. The van der Waals surface area contributed by atoms with Crippen LogP contribution in [-0.4, -0.2) is 10.2 Å². The summed E-state index contributed by atoms with van der Waals surface area (Å²) in [5, 5.41) is 15.2. The molecule has 0 aliphatic heterocycles. The maximum Gasteiger partial charge on any atom is 0.251 e. The minimum Gasteiger partial charge on any atom is -0.455 e. The molecule has 7 rings (SSSR count). The second kappa shape index (κ2) is 8.36. The van der Waals surface area contributed by atoms with Gasteiger partial charge in [-0.3, -0.25) is 0 Å². The van der Waals surface area contributed by atoms with Crippen LogP contribution in [-0.2, 0) is 0 Å². The van der Waals surface area contributed by atoms with E-state index in [-0.39, 0.29) is 0 Å². The maximum absolute atomic E-state index is 6.75. The predicted octanol–water partition coefficient (Wildman–Crippen LogP) is 8.73. The summed E-state index contributed by atoms with van der Waals surface area (Å²) in [5.74, 6) is 0.886. The Labute approximate surface area is 206 Å². The van der Waals surface area contributed by atoms with Crippen molar-refractivity contribution in [1.82, 2.24) is 10.2 Å². The number of para-hydroxylation sites is 2. The highest BCUT2D eigenvalue weighted by atomic mass is 16.4. The monoisotopic (exact) mass is 464 g/mol. The smallest absolute Gasteiger partial charge is 0.251 e. The van der Waals surface area contributed by atoms with E-state index in [4.69, 9.17) is 8.83 Å². The Kier molecular flexibility index (Phi) is 4.74. The Balaban J connectivity index is 1.66. The highest BCUT2D eigenvalue weighted by molar-refractivity contribution is 6.19. The Bertz CT molecular complexity index is 1950. The van der Waals surface area contributed by atoms with Crippen molar-refractivity contribution in [1.29, 1.82) is 0 Å². The molecule has 0 saturated heterocycles. The molecule has 4 nitrogen and oxygen atoms in total. The van der Waals surface area contributed by atoms with Gasteiger partial charge in [-0.1, -0.05) is 97.1 Å². The van der Waals surface area contributed by atoms with Gasteiger partial charge in [0.15, 0.2) is 0 Å². The van der Waals surface area contributed by atoms with E-state index < -0.39 is 0 Å². The van der Waals surface area contributed by atoms with Crippen molar-refractivity contribution in [2.75, 3.05) is 0 Å². The SMILES string of the molecule is c1ccc(-c2nnc(-c3cccc4c3oc3ccccc3c3ccccc3c3ccccc43)o2)cc1. The molecule has 0 spiro atoms. The lowest BCUT2D eigenvalue weighted by atomic mass is 10.0. The first-order chi connectivity index (χ1) is 17.9. The van der Waals surface area contributed by atoms with E-state index in [2.05, 4.69) is 70.9 Å². The molecule has 0 fully saturated rings. The molecule has 170 valence electrons. The first-order valence-corrected chi connectivity index (χ1v) is 11.9. The van der Waals surface area contributed by atoms with Gasteiger partial charge in [-0.05, 0) is 45.8 Å². The van der Waals surface area contributed by atoms with E-state index in [0.29, 0.717) is 17.4 Å². The summed E-state index contributed by atoms with van der Waals surface area (Å²) in [7, 11) is 0. The van der Waals surface area contributed by atoms with Gasteiger partial charge in [-0.25, -0.2) is 0 Å². The number of benzene rings is 5. The first kappa shape index (κ1) is 20.4. The second-order valence-corrected chi connectivity index (χ2v) is 8.65. The van der Waals surface area contributed by atoms with Gasteiger partial charge < -0.3 is 8.83 Å². The average molecular weight is 465 g/mol. The topological polar surface area (TPSA) is 52.1 Å². The van der Waals surface area contributed by atoms with Crippen molar-refractivity contribution < 1.29 is 8.83 Å². The third-order valence-corrected chi connectivity index (χ3v) is 6.51. The third-order valence-electron chi connectivity index (χ3n) is 6.51. The quantitative estimate of drug-likeness (QED) is 0.257. The van der Waals surface area contributed by atoms with Crippen LogP contribution in [0.1, 0.15) is 0 Å². The van der Waals surface area contributed by atoms with Crippen LogP contribution in [0.5, 0.6) is 0 Å². The van der Waals surface area contributed by atoms with Gasteiger partial charge in [-0.15, -0.1) is 10.2 Å². The van der Waals surface area contributed by atoms with Crippen molar-refractivity contribution in [3.05, 3.63) is 121 Å². The zero-order valence-electron chi connectivity index (χ0n) is 19.3. The summed E-state index contributed by atoms with van der Waals surface area (Å²) in [5.41, 5.74) is 3.08. The van der Waals surface area contributed by atoms with E-state index in [9.17, 15) is 0 Å². The van der Waals surface area contributed by atoms with Gasteiger partial charge in [0.1, 0.15) is 11.2 Å². The molecular formula is C32H20N2O2. The predicted molar refractivity (Wildman–Crippen MR) is 145 cm³/mol. The van der Waals surface area contributed by atoms with E-state index in [0.717, 1.165) is 49.0 Å². The zero-order valence-corrected chi connectivity index (χ0v) is 19.3. The molecular weight excluding hydrogens is 444 g/mol. The van der Waals surface area contributed by atoms with Crippen LogP contribution in [0.3, 0.4) is 0 Å². The lowest BCUT2D eigenvalue weighted by molar-refractivity contribution is 0.582. The fraction of sp³-hybridized carbons (Fsp3) is 0. The highest BCUT2D eigenvalue weighted by Gasteiger charge is 2.16. The normalized spacial score (nSPS) is 11.3. The lowest BCUT2D eigenvalue weighted by Crippen LogP contribution is -1.82. The Morgan fingerprint density at radius 2 is 0.917 bits per heavy atom. The molecule has 0 unspecified atom stereocenters. The largest absolute Gasteiger partial charge is 0.455 e. The molecule has 0 amide bonds. The Morgan fingerprint density at radius 1 is 0.389 bits per heavy atom. The Morgan fingerprint density at radius 3 is 1.64 bits per heavy atom. The van der Waals surface area contributed by atoms with E-state index in [1.54, 1.807) is 0 Å². The van der Waals surface area contributed by atoms with Crippen LogP contribution in [0.15, 0.2) is 130 Å². The van der Waals surface area contributed by atoms with Crippen molar-refractivity contribution in [2.45, 2.75) is 0 Å². The van der Waals surface area contributed by atoms with E-state index >= 15 is 0 Å². The summed E-state index contributed by atoms with van der Waals surface area (Å²) < 4.78 is 12.9. The standard InChI is InChI=1S/C32H20N2O2/c1-2-11-21(12-3-1)31-33-34-32(36-31)28-19-10-18-27-25-16-7-5-14-23(25)22-13-4-6-15-24(22)26-17-8-9-20-29(26)35-30(27)28/h1-20H. The van der Waals surface area contributed by atoms with Crippen LogP contribution in [0.4, 0.5) is 0 Å². The fourth-order valence-corrected chi connectivity index (χ4v) is 4.85. The summed E-state index contributed by atoms with van der Waals surface area (Å²) >= 11 is 0. The van der Waals surface area contributed by atoms with Crippen LogP contribution >= 0.6 is 0 Å². The van der Waals surface area contributed by atoms with Gasteiger partial charge in [0, 0.05) is 16.3 Å². The minimum atomic E-state index is 0.414. The molecule has 5 aromatic carbocycles. The lowest BCUT2D eigenvalue weighted by Gasteiger charge is -2.03. The third kappa shape index (κ3) is 3.31. The van der Waals surface area contributed by atoms with Gasteiger partial charge >= 0.3 is 0 Å². The van der Waals surface area contributed by atoms with Gasteiger partial charge in [0.2, 0.25) is 5.89 Å². The van der Waals surface area contributed by atoms with Gasteiger partial charge in [0.05, 0.1) is 5.56 Å². The zero-order chi connectivity index (χ0) is 23.9. The van der Waals surface area contributed by atoms with Crippen molar-refractivity contribution in [3.8, 4) is 22.9 Å². The molecule has 0 aliphatic rings. The number of hydrogen-bond donors (Lipinski definition) is 0. The number of aromatic nitrogens is 2. The van der Waals surface area contributed by atoms with Crippen LogP contribution < -0.4 is 0 Å². The molecule has 0 aliphatic carbocycles. The number of fused-ring (bicyclic) bond motifs is 7. The number of rotatable bonds is 2. The molecule has 2 heterocycles. The number of nitrogens with zero attached hydrogens (tertiary/aromatic N) is 2.